The minimum absolute atomic E-state index is 0.0182. The van der Waals surface area contributed by atoms with Gasteiger partial charge in [0.25, 0.3) is 0 Å². The number of pyridine rings is 1. The van der Waals surface area contributed by atoms with Gasteiger partial charge in [0.1, 0.15) is 10.7 Å². The molecule has 0 amide bonds. The van der Waals surface area contributed by atoms with Gasteiger partial charge in [-0.3, -0.25) is 4.98 Å². The number of hydrogen-bond donors (Lipinski definition) is 3. The largest absolute Gasteiger partial charge is 0.409 e. The van der Waals surface area contributed by atoms with E-state index >= 15 is 0 Å². The number of nitrogens with two attached hydrogens (primary N) is 1. The molecule has 0 saturated carbocycles. The number of nitrogens with zero attached hydrogens (tertiary/aromatic N) is 3. The van der Waals surface area contributed by atoms with Gasteiger partial charge in [0.05, 0.1) is 6.04 Å². The fourth-order valence-corrected chi connectivity index (χ4v) is 2.70. The first-order valence-corrected chi connectivity index (χ1v) is 7.18. The second kappa shape index (κ2) is 6.97. The van der Waals surface area contributed by atoms with Gasteiger partial charge in [-0.05, 0) is 18.1 Å². The standard InChI is InChI=1S/C13H17N5OS/c1-2-10(13-16-6-7-20-13)17-8-9-4-3-5-15-11(9)12(14)18-19/h3-7,10,17,19H,2,8H2,1H3,(H2,14,18). The van der Waals surface area contributed by atoms with E-state index in [0.717, 1.165) is 17.0 Å². The monoisotopic (exact) mass is 291 g/mol. The van der Waals surface area contributed by atoms with Gasteiger partial charge in [-0.2, -0.15) is 0 Å². The molecule has 2 rings (SSSR count). The highest BCUT2D eigenvalue weighted by molar-refractivity contribution is 7.09. The van der Waals surface area contributed by atoms with Crippen molar-refractivity contribution in [3.8, 4) is 0 Å². The van der Waals surface area contributed by atoms with Crippen molar-refractivity contribution in [2.45, 2.75) is 25.9 Å². The molecule has 7 heteroatoms. The van der Waals surface area contributed by atoms with Gasteiger partial charge in [0.2, 0.25) is 0 Å². The SMILES string of the molecule is CCC(NCc1cccnc1C(N)=NO)c1nccs1. The first-order valence-electron chi connectivity index (χ1n) is 6.30. The Morgan fingerprint density at radius 2 is 2.35 bits per heavy atom. The molecule has 1 unspecified atom stereocenters. The lowest BCUT2D eigenvalue weighted by atomic mass is 10.1. The maximum Gasteiger partial charge on any atom is 0.189 e. The summed E-state index contributed by atoms with van der Waals surface area (Å²) in [5.74, 6) is 0.0182. The Morgan fingerprint density at radius 1 is 1.50 bits per heavy atom. The summed E-state index contributed by atoms with van der Waals surface area (Å²) in [6.45, 7) is 2.68. The van der Waals surface area contributed by atoms with Crippen LogP contribution in [0.4, 0.5) is 0 Å². The van der Waals surface area contributed by atoms with Crippen LogP contribution < -0.4 is 11.1 Å². The van der Waals surface area contributed by atoms with Crippen LogP contribution in [0.5, 0.6) is 0 Å². The van der Waals surface area contributed by atoms with Gasteiger partial charge < -0.3 is 16.3 Å². The number of aromatic nitrogens is 2. The molecule has 20 heavy (non-hydrogen) atoms. The van der Waals surface area contributed by atoms with Gasteiger partial charge in [-0.25, -0.2) is 4.98 Å². The molecule has 0 bridgehead atoms. The minimum atomic E-state index is 0.0182. The molecule has 0 aliphatic carbocycles. The molecule has 4 N–H and O–H groups in total. The van der Waals surface area contributed by atoms with Crippen LogP contribution in [-0.4, -0.2) is 21.0 Å². The lowest BCUT2D eigenvalue weighted by molar-refractivity contribution is 0.318. The summed E-state index contributed by atoms with van der Waals surface area (Å²) in [4.78, 5) is 8.47. The second-order valence-corrected chi connectivity index (χ2v) is 5.13. The van der Waals surface area contributed by atoms with E-state index in [1.54, 1.807) is 23.7 Å². The van der Waals surface area contributed by atoms with Crippen molar-refractivity contribution in [3.05, 3.63) is 46.2 Å². The number of rotatable bonds is 6. The van der Waals surface area contributed by atoms with Crippen molar-refractivity contribution < 1.29 is 5.21 Å². The van der Waals surface area contributed by atoms with Crippen molar-refractivity contribution in [2.24, 2.45) is 10.9 Å². The normalized spacial score (nSPS) is 13.3. The summed E-state index contributed by atoms with van der Waals surface area (Å²) in [5, 5.41) is 18.2. The Kier molecular flexibility index (Phi) is 5.03. The summed E-state index contributed by atoms with van der Waals surface area (Å²) in [7, 11) is 0. The van der Waals surface area contributed by atoms with E-state index in [1.807, 2.05) is 17.5 Å². The van der Waals surface area contributed by atoms with E-state index in [-0.39, 0.29) is 11.9 Å². The molecule has 0 spiro atoms. The molecule has 0 fully saturated rings. The smallest absolute Gasteiger partial charge is 0.189 e. The third kappa shape index (κ3) is 3.31. The lowest BCUT2D eigenvalue weighted by Gasteiger charge is -2.15. The van der Waals surface area contributed by atoms with E-state index in [0.29, 0.717) is 12.2 Å². The predicted molar refractivity (Wildman–Crippen MR) is 78.7 cm³/mol. The molecule has 2 aromatic rings. The van der Waals surface area contributed by atoms with Crippen LogP contribution in [0.1, 0.15) is 35.7 Å². The molecule has 2 aromatic heterocycles. The average molecular weight is 291 g/mol. The molecular weight excluding hydrogens is 274 g/mol. The zero-order valence-corrected chi connectivity index (χ0v) is 12.0. The summed E-state index contributed by atoms with van der Waals surface area (Å²) >= 11 is 1.63. The Bertz CT molecular complexity index is 570. The summed E-state index contributed by atoms with van der Waals surface area (Å²) in [6.07, 6.45) is 4.36. The molecule has 1 atom stereocenters. The molecule has 0 aromatic carbocycles. The minimum Gasteiger partial charge on any atom is -0.409 e. The zero-order chi connectivity index (χ0) is 14.4. The lowest BCUT2D eigenvalue weighted by Crippen LogP contribution is -2.24. The number of nitrogens with one attached hydrogen (secondary N) is 1. The number of hydrogen-bond acceptors (Lipinski definition) is 6. The van der Waals surface area contributed by atoms with Crippen LogP contribution in [0.25, 0.3) is 0 Å². The molecular formula is C13H17N5OS. The Hall–Kier alpha value is -1.99. The summed E-state index contributed by atoms with van der Waals surface area (Å²) in [5.41, 5.74) is 7.01. The summed E-state index contributed by atoms with van der Waals surface area (Å²) in [6, 6.07) is 3.92. The van der Waals surface area contributed by atoms with Crippen molar-refractivity contribution in [1.82, 2.24) is 15.3 Å². The third-order valence-corrected chi connectivity index (χ3v) is 3.83. The fourth-order valence-electron chi connectivity index (χ4n) is 1.91. The maximum absolute atomic E-state index is 8.78. The van der Waals surface area contributed by atoms with Crippen LogP contribution >= 0.6 is 11.3 Å². The molecule has 6 nitrogen and oxygen atoms in total. The number of oxime groups is 1. The van der Waals surface area contributed by atoms with E-state index in [4.69, 9.17) is 10.9 Å². The highest BCUT2D eigenvalue weighted by Crippen LogP contribution is 2.19. The highest BCUT2D eigenvalue weighted by atomic mass is 32.1. The molecule has 2 heterocycles. The summed E-state index contributed by atoms with van der Waals surface area (Å²) < 4.78 is 0. The quantitative estimate of drug-likeness (QED) is 0.327. The highest BCUT2D eigenvalue weighted by Gasteiger charge is 2.13. The maximum atomic E-state index is 8.78. The van der Waals surface area contributed by atoms with Gasteiger partial charge in [-0.1, -0.05) is 18.1 Å². The molecule has 0 aliphatic rings. The average Bonchev–Trinajstić information content (AvgIpc) is 3.02. The zero-order valence-electron chi connectivity index (χ0n) is 11.2. The Balaban J connectivity index is 2.11. The molecule has 106 valence electrons. The third-order valence-electron chi connectivity index (χ3n) is 2.94. The molecule has 0 saturated heterocycles. The van der Waals surface area contributed by atoms with Crippen LogP contribution in [0.3, 0.4) is 0 Å². The van der Waals surface area contributed by atoms with Crippen molar-refractivity contribution in [3.63, 3.8) is 0 Å². The van der Waals surface area contributed by atoms with Crippen molar-refractivity contribution in [1.29, 1.82) is 0 Å². The van der Waals surface area contributed by atoms with E-state index in [2.05, 4.69) is 27.4 Å². The van der Waals surface area contributed by atoms with Crippen LogP contribution in [0.2, 0.25) is 0 Å². The van der Waals surface area contributed by atoms with Gasteiger partial charge in [-0.15, -0.1) is 11.3 Å². The Morgan fingerprint density at radius 3 is 3.00 bits per heavy atom. The first kappa shape index (κ1) is 14.4. The van der Waals surface area contributed by atoms with E-state index in [1.165, 1.54) is 0 Å². The van der Waals surface area contributed by atoms with E-state index < -0.39 is 0 Å². The van der Waals surface area contributed by atoms with Gasteiger partial charge in [0, 0.05) is 24.3 Å². The predicted octanol–water partition coefficient (Wildman–Crippen LogP) is 1.87. The fraction of sp³-hybridized carbons (Fsp3) is 0.308. The Labute approximate surface area is 121 Å². The van der Waals surface area contributed by atoms with Crippen LogP contribution in [0, 0.1) is 0 Å². The van der Waals surface area contributed by atoms with Gasteiger partial charge >= 0.3 is 0 Å². The first-order chi connectivity index (χ1) is 9.76. The van der Waals surface area contributed by atoms with Crippen molar-refractivity contribution >= 4 is 17.2 Å². The van der Waals surface area contributed by atoms with E-state index in [9.17, 15) is 0 Å². The molecule has 0 radical (unpaired) electrons. The van der Waals surface area contributed by atoms with Gasteiger partial charge in [0.15, 0.2) is 5.84 Å². The molecule has 0 aliphatic heterocycles. The van der Waals surface area contributed by atoms with Crippen LogP contribution in [0.15, 0.2) is 35.1 Å². The topological polar surface area (TPSA) is 96.4 Å². The van der Waals surface area contributed by atoms with Crippen LogP contribution in [-0.2, 0) is 6.54 Å². The number of amidine groups is 1. The number of thiazole rings is 1. The second-order valence-electron chi connectivity index (χ2n) is 4.21. The van der Waals surface area contributed by atoms with Crippen molar-refractivity contribution in [2.75, 3.05) is 0 Å².